The Hall–Kier alpha value is -6.09. The minimum Gasteiger partial charge on any atom is -0.310 e. The number of para-hydroxylation sites is 1. The van der Waals surface area contributed by atoms with Crippen molar-refractivity contribution in [2.24, 2.45) is 0 Å². The van der Waals surface area contributed by atoms with Crippen molar-refractivity contribution in [3.8, 4) is 22.3 Å². The third kappa shape index (κ3) is 5.67. The first-order valence-corrected chi connectivity index (χ1v) is 18.6. The summed E-state index contributed by atoms with van der Waals surface area (Å²) in [4.78, 5) is 4.73. The van der Waals surface area contributed by atoms with E-state index in [9.17, 15) is 0 Å². The summed E-state index contributed by atoms with van der Waals surface area (Å²) in [5.41, 5.74) is 14.8. The summed E-state index contributed by atoms with van der Waals surface area (Å²) in [5, 5.41) is 3.25. The van der Waals surface area contributed by atoms with Gasteiger partial charge in [0.2, 0.25) is 0 Å². The first kappa shape index (κ1) is 32.8. The van der Waals surface area contributed by atoms with Gasteiger partial charge in [0.25, 0.3) is 0 Å². The molecular formula is C50H39ClN2. The largest absolute Gasteiger partial charge is 0.310 e. The second-order valence-corrected chi connectivity index (χ2v) is 14.8. The van der Waals surface area contributed by atoms with Crippen LogP contribution in [0.15, 0.2) is 182 Å². The number of nitrogens with zero attached hydrogens (tertiary/aromatic N) is 2. The van der Waals surface area contributed by atoms with Crippen molar-refractivity contribution >= 4 is 56.5 Å². The Balaban J connectivity index is 1.27. The smallest absolute Gasteiger partial charge is 0.0508 e. The van der Waals surface area contributed by atoms with Gasteiger partial charge in [-0.3, -0.25) is 0 Å². The normalized spacial score (nSPS) is 12.7. The Labute approximate surface area is 317 Å². The van der Waals surface area contributed by atoms with Crippen molar-refractivity contribution in [1.29, 1.82) is 0 Å². The van der Waals surface area contributed by atoms with E-state index in [2.05, 4.69) is 206 Å². The lowest BCUT2D eigenvalue weighted by atomic mass is 9.81. The van der Waals surface area contributed by atoms with E-state index in [0.717, 1.165) is 45.3 Å². The highest BCUT2D eigenvalue weighted by atomic mass is 35.5. The molecule has 2 nitrogen and oxygen atoms in total. The van der Waals surface area contributed by atoms with Crippen LogP contribution in [-0.4, -0.2) is 0 Å². The van der Waals surface area contributed by atoms with Gasteiger partial charge in [-0.25, -0.2) is 0 Å². The summed E-state index contributed by atoms with van der Waals surface area (Å²) < 4.78 is 0. The summed E-state index contributed by atoms with van der Waals surface area (Å²) in [7, 11) is 0. The zero-order chi connectivity index (χ0) is 36.1. The van der Waals surface area contributed by atoms with Crippen LogP contribution >= 0.6 is 11.6 Å². The van der Waals surface area contributed by atoms with Gasteiger partial charge in [-0.1, -0.05) is 152 Å². The minimum absolute atomic E-state index is 0.257. The Kier molecular flexibility index (Phi) is 8.14. The Morgan fingerprint density at radius 3 is 1.83 bits per heavy atom. The zero-order valence-electron chi connectivity index (χ0n) is 30.1. The van der Waals surface area contributed by atoms with E-state index in [-0.39, 0.29) is 5.41 Å². The summed E-state index contributed by atoms with van der Waals surface area (Å²) >= 11 is 7.21. The number of halogens is 1. The zero-order valence-corrected chi connectivity index (χ0v) is 30.8. The average Bonchev–Trinajstić information content (AvgIpc) is 3.43. The van der Waals surface area contributed by atoms with Gasteiger partial charge in [0.15, 0.2) is 0 Å². The van der Waals surface area contributed by atoms with Crippen LogP contribution < -0.4 is 9.80 Å². The first-order valence-electron chi connectivity index (χ1n) is 18.2. The molecule has 0 fully saturated rings. The molecule has 0 saturated carbocycles. The van der Waals surface area contributed by atoms with E-state index in [4.69, 9.17) is 11.6 Å². The standard InChI is InChI=1S/C50H39ClN2/c1-34-24-27-38(28-25-34)52(37-17-8-5-9-18-37)39-19-12-20-40(32-39)53(41-29-30-42(46(51)33-41)35-14-6-4-7-15-35)47-23-13-22-44-48-43-21-11-10-16-36(43)26-31-45(48)50(2,3)49(44)47/h4-33H,1-3H3. The number of benzene rings is 8. The van der Waals surface area contributed by atoms with Gasteiger partial charge in [-0.05, 0) is 106 Å². The van der Waals surface area contributed by atoms with Crippen molar-refractivity contribution in [1.82, 2.24) is 0 Å². The second-order valence-electron chi connectivity index (χ2n) is 14.4. The predicted octanol–water partition coefficient (Wildman–Crippen LogP) is 14.7. The third-order valence-corrected chi connectivity index (χ3v) is 11.0. The number of rotatable bonds is 7. The molecule has 0 amide bonds. The van der Waals surface area contributed by atoms with E-state index in [1.807, 2.05) is 6.07 Å². The molecule has 0 unspecified atom stereocenters. The fourth-order valence-corrected chi connectivity index (χ4v) is 8.50. The van der Waals surface area contributed by atoms with Crippen LogP contribution in [0.5, 0.6) is 0 Å². The van der Waals surface area contributed by atoms with Gasteiger partial charge in [0, 0.05) is 39.4 Å². The maximum Gasteiger partial charge on any atom is 0.0508 e. The SMILES string of the molecule is Cc1ccc(N(c2ccccc2)c2cccc(N(c3ccc(-c4ccccc4)c(Cl)c3)c3cccc4c3C(C)(C)c3ccc5ccccc5c3-4)c2)cc1. The molecule has 9 rings (SSSR count). The summed E-state index contributed by atoms with van der Waals surface area (Å²) in [6, 6.07) is 65.2. The van der Waals surface area contributed by atoms with Crippen molar-refractivity contribution in [2.45, 2.75) is 26.2 Å². The van der Waals surface area contributed by atoms with E-state index >= 15 is 0 Å². The Morgan fingerprint density at radius 2 is 1.08 bits per heavy atom. The van der Waals surface area contributed by atoms with Gasteiger partial charge in [0.1, 0.15) is 0 Å². The van der Waals surface area contributed by atoms with Crippen LogP contribution in [0.25, 0.3) is 33.0 Å². The first-order chi connectivity index (χ1) is 25.9. The highest BCUT2D eigenvalue weighted by Gasteiger charge is 2.40. The maximum atomic E-state index is 7.21. The monoisotopic (exact) mass is 702 g/mol. The third-order valence-electron chi connectivity index (χ3n) is 10.7. The molecule has 0 atom stereocenters. The van der Waals surface area contributed by atoms with Crippen LogP contribution in [0.4, 0.5) is 34.1 Å². The van der Waals surface area contributed by atoms with Crippen LogP contribution in [0.2, 0.25) is 5.02 Å². The maximum absolute atomic E-state index is 7.21. The van der Waals surface area contributed by atoms with Crippen molar-refractivity contribution in [3.63, 3.8) is 0 Å². The molecule has 0 saturated heterocycles. The van der Waals surface area contributed by atoms with Gasteiger partial charge < -0.3 is 9.80 Å². The molecule has 0 radical (unpaired) electrons. The molecule has 0 spiro atoms. The highest BCUT2D eigenvalue weighted by molar-refractivity contribution is 6.33. The summed E-state index contributed by atoms with van der Waals surface area (Å²) in [6.45, 7) is 6.86. The molecule has 8 aromatic rings. The van der Waals surface area contributed by atoms with E-state index < -0.39 is 0 Å². The van der Waals surface area contributed by atoms with E-state index in [1.54, 1.807) is 0 Å². The molecule has 8 aromatic carbocycles. The van der Waals surface area contributed by atoms with Gasteiger partial charge >= 0.3 is 0 Å². The van der Waals surface area contributed by atoms with Crippen LogP contribution in [0, 0.1) is 6.92 Å². The lowest BCUT2D eigenvalue weighted by Crippen LogP contribution is -2.21. The quantitative estimate of drug-likeness (QED) is 0.163. The molecule has 0 N–H and O–H groups in total. The molecule has 53 heavy (non-hydrogen) atoms. The van der Waals surface area contributed by atoms with Crippen molar-refractivity contribution < 1.29 is 0 Å². The molecule has 256 valence electrons. The summed E-state index contributed by atoms with van der Waals surface area (Å²) in [6.07, 6.45) is 0. The fraction of sp³-hybridized carbons (Fsp3) is 0.0800. The highest BCUT2D eigenvalue weighted by Crippen LogP contribution is 2.56. The van der Waals surface area contributed by atoms with E-state index in [0.29, 0.717) is 5.02 Å². The lowest BCUT2D eigenvalue weighted by Gasteiger charge is -2.33. The Bertz CT molecular complexity index is 2610. The number of hydrogen-bond donors (Lipinski definition) is 0. The van der Waals surface area contributed by atoms with Crippen LogP contribution in [-0.2, 0) is 5.41 Å². The van der Waals surface area contributed by atoms with Crippen LogP contribution in [0.3, 0.4) is 0 Å². The number of fused-ring (bicyclic) bond motifs is 5. The van der Waals surface area contributed by atoms with Gasteiger partial charge in [-0.2, -0.15) is 0 Å². The van der Waals surface area contributed by atoms with E-state index in [1.165, 1.54) is 38.6 Å². The molecule has 0 bridgehead atoms. The predicted molar refractivity (Wildman–Crippen MR) is 226 cm³/mol. The Morgan fingerprint density at radius 1 is 0.472 bits per heavy atom. The molecule has 1 aliphatic carbocycles. The van der Waals surface area contributed by atoms with Gasteiger partial charge in [-0.15, -0.1) is 0 Å². The minimum atomic E-state index is -0.257. The van der Waals surface area contributed by atoms with Crippen molar-refractivity contribution in [2.75, 3.05) is 9.80 Å². The van der Waals surface area contributed by atoms with Crippen LogP contribution in [0.1, 0.15) is 30.5 Å². The molecule has 0 aliphatic heterocycles. The summed E-state index contributed by atoms with van der Waals surface area (Å²) in [5.74, 6) is 0. The molecule has 0 heterocycles. The number of anilines is 6. The molecular weight excluding hydrogens is 664 g/mol. The van der Waals surface area contributed by atoms with Gasteiger partial charge in [0.05, 0.1) is 10.7 Å². The lowest BCUT2D eigenvalue weighted by molar-refractivity contribution is 0.661. The second kappa shape index (κ2) is 13.2. The number of hydrogen-bond acceptors (Lipinski definition) is 2. The molecule has 0 aromatic heterocycles. The van der Waals surface area contributed by atoms with Crippen molar-refractivity contribution in [3.05, 3.63) is 204 Å². The number of aryl methyl sites for hydroxylation is 1. The fourth-order valence-electron chi connectivity index (χ4n) is 8.22. The molecule has 1 aliphatic rings. The molecule has 3 heteroatoms. The average molecular weight is 703 g/mol. The topological polar surface area (TPSA) is 6.48 Å².